The van der Waals surface area contributed by atoms with Crippen LogP contribution in [-0.4, -0.2) is 18.1 Å². The first kappa shape index (κ1) is 13.7. The van der Waals surface area contributed by atoms with Gasteiger partial charge in [0.2, 0.25) is 0 Å². The molecule has 0 atom stereocenters. The number of nitrogens with zero attached hydrogens (tertiary/aromatic N) is 1. The van der Waals surface area contributed by atoms with Gasteiger partial charge in [0.25, 0.3) is 5.91 Å². The molecule has 2 rings (SSSR count). The van der Waals surface area contributed by atoms with Crippen LogP contribution < -0.4 is 15.4 Å². The Morgan fingerprint density at radius 2 is 1.95 bits per heavy atom. The number of nitrogens with two attached hydrogens (primary N) is 1. The fourth-order valence-electron chi connectivity index (χ4n) is 2.65. The third kappa shape index (κ3) is 2.05. The van der Waals surface area contributed by atoms with Crippen molar-refractivity contribution < 1.29 is 9.53 Å². The van der Waals surface area contributed by atoms with Crippen molar-refractivity contribution in [3.63, 3.8) is 0 Å². The number of fused-ring (bicyclic) bond motifs is 1. The number of nitrogen functional groups attached to an aromatic ring is 1. The largest absolute Gasteiger partial charge is 0.475 e. The molecular weight excluding hydrogens is 240 g/mol. The van der Waals surface area contributed by atoms with Gasteiger partial charge in [-0.15, -0.1) is 0 Å². The number of benzene rings is 1. The molecule has 1 amide bonds. The van der Waals surface area contributed by atoms with E-state index in [9.17, 15) is 4.79 Å². The zero-order valence-corrected chi connectivity index (χ0v) is 11.9. The quantitative estimate of drug-likeness (QED) is 0.849. The van der Waals surface area contributed by atoms with Crippen LogP contribution in [0, 0.1) is 0 Å². The van der Waals surface area contributed by atoms with Crippen LogP contribution in [0.25, 0.3) is 0 Å². The van der Waals surface area contributed by atoms with E-state index >= 15 is 0 Å². The summed E-state index contributed by atoms with van der Waals surface area (Å²) in [5.41, 5.74) is 6.61. The molecule has 0 aliphatic carbocycles. The van der Waals surface area contributed by atoms with E-state index in [-0.39, 0.29) is 5.91 Å². The second kappa shape index (κ2) is 5.11. The van der Waals surface area contributed by atoms with E-state index in [4.69, 9.17) is 10.5 Å². The maximum absolute atomic E-state index is 12.8. The van der Waals surface area contributed by atoms with Gasteiger partial charge in [0.05, 0.1) is 5.69 Å². The molecule has 4 heteroatoms. The third-order valence-electron chi connectivity index (χ3n) is 3.83. The summed E-state index contributed by atoms with van der Waals surface area (Å²) in [5, 5.41) is 0. The topological polar surface area (TPSA) is 55.6 Å². The first-order valence-electron chi connectivity index (χ1n) is 6.99. The first-order valence-corrected chi connectivity index (χ1v) is 6.99. The lowest BCUT2D eigenvalue weighted by atomic mass is 9.92. The van der Waals surface area contributed by atoms with Crippen molar-refractivity contribution in [3.8, 4) is 5.75 Å². The molecule has 104 valence electrons. The SMILES string of the molecule is CCCN1C(=O)C(CC)(CC)Oc2cccc(N)c21. The van der Waals surface area contributed by atoms with Crippen LogP contribution in [0.4, 0.5) is 11.4 Å². The summed E-state index contributed by atoms with van der Waals surface area (Å²) in [5.74, 6) is 0.751. The lowest BCUT2D eigenvalue weighted by Crippen LogP contribution is -2.56. The van der Waals surface area contributed by atoms with Gasteiger partial charge in [0.15, 0.2) is 5.60 Å². The fraction of sp³-hybridized carbons (Fsp3) is 0.533. The molecular formula is C15H22N2O2. The average Bonchev–Trinajstić information content (AvgIpc) is 2.42. The van der Waals surface area contributed by atoms with Crippen molar-refractivity contribution >= 4 is 17.3 Å². The Kier molecular flexibility index (Phi) is 3.69. The van der Waals surface area contributed by atoms with Crippen LogP contribution >= 0.6 is 0 Å². The van der Waals surface area contributed by atoms with Crippen molar-refractivity contribution in [2.24, 2.45) is 0 Å². The Balaban J connectivity index is 2.56. The number of ether oxygens (including phenoxy) is 1. The Morgan fingerprint density at radius 3 is 2.53 bits per heavy atom. The second-order valence-corrected chi connectivity index (χ2v) is 4.95. The number of carbonyl (C=O) groups is 1. The van der Waals surface area contributed by atoms with Gasteiger partial charge < -0.3 is 15.4 Å². The third-order valence-corrected chi connectivity index (χ3v) is 3.83. The summed E-state index contributed by atoms with van der Waals surface area (Å²) >= 11 is 0. The molecule has 0 saturated heterocycles. The van der Waals surface area contributed by atoms with Gasteiger partial charge >= 0.3 is 0 Å². The van der Waals surface area contributed by atoms with E-state index in [0.717, 1.165) is 17.9 Å². The molecule has 2 N–H and O–H groups in total. The van der Waals surface area contributed by atoms with Gasteiger partial charge in [-0.3, -0.25) is 4.79 Å². The number of hydrogen-bond donors (Lipinski definition) is 1. The number of amides is 1. The van der Waals surface area contributed by atoms with E-state index < -0.39 is 5.60 Å². The summed E-state index contributed by atoms with van der Waals surface area (Å²) in [6, 6.07) is 5.56. The number of anilines is 2. The molecule has 0 saturated carbocycles. The lowest BCUT2D eigenvalue weighted by molar-refractivity contribution is -0.136. The summed E-state index contributed by atoms with van der Waals surface area (Å²) in [6.07, 6.45) is 2.22. The Morgan fingerprint density at radius 1 is 1.26 bits per heavy atom. The zero-order valence-electron chi connectivity index (χ0n) is 11.9. The molecule has 0 radical (unpaired) electrons. The number of para-hydroxylation sites is 1. The van der Waals surface area contributed by atoms with Crippen LogP contribution in [-0.2, 0) is 4.79 Å². The van der Waals surface area contributed by atoms with E-state index in [0.29, 0.717) is 25.1 Å². The van der Waals surface area contributed by atoms with Crippen molar-refractivity contribution in [2.45, 2.75) is 45.6 Å². The smallest absolute Gasteiger partial charge is 0.271 e. The highest BCUT2D eigenvalue weighted by Crippen LogP contribution is 2.43. The monoisotopic (exact) mass is 262 g/mol. The minimum atomic E-state index is -0.740. The number of rotatable bonds is 4. The molecule has 1 heterocycles. The van der Waals surface area contributed by atoms with Crippen LogP contribution in [0.3, 0.4) is 0 Å². The molecule has 0 aromatic heterocycles. The van der Waals surface area contributed by atoms with Crippen LogP contribution in [0.5, 0.6) is 5.75 Å². The van der Waals surface area contributed by atoms with E-state index in [2.05, 4.69) is 6.92 Å². The van der Waals surface area contributed by atoms with E-state index in [1.807, 2.05) is 32.0 Å². The summed E-state index contributed by atoms with van der Waals surface area (Å²) in [4.78, 5) is 14.6. The molecule has 4 nitrogen and oxygen atoms in total. The molecule has 1 aliphatic heterocycles. The minimum Gasteiger partial charge on any atom is -0.475 e. The molecule has 0 spiro atoms. The van der Waals surface area contributed by atoms with E-state index in [1.165, 1.54) is 0 Å². The number of hydrogen-bond acceptors (Lipinski definition) is 3. The van der Waals surface area contributed by atoms with Gasteiger partial charge in [-0.05, 0) is 31.4 Å². The molecule has 0 unspecified atom stereocenters. The Bertz CT molecular complexity index is 481. The lowest BCUT2D eigenvalue weighted by Gasteiger charge is -2.42. The highest BCUT2D eigenvalue weighted by atomic mass is 16.5. The molecule has 1 aromatic rings. The van der Waals surface area contributed by atoms with Gasteiger partial charge in [-0.2, -0.15) is 0 Å². The van der Waals surface area contributed by atoms with Crippen LogP contribution in [0.2, 0.25) is 0 Å². The molecule has 1 aliphatic rings. The van der Waals surface area contributed by atoms with Gasteiger partial charge in [0.1, 0.15) is 11.4 Å². The maximum atomic E-state index is 12.8. The first-order chi connectivity index (χ1) is 9.09. The summed E-state index contributed by atoms with van der Waals surface area (Å²) in [7, 11) is 0. The zero-order chi connectivity index (χ0) is 14.0. The molecule has 19 heavy (non-hydrogen) atoms. The highest BCUT2D eigenvalue weighted by molar-refractivity contribution is 6.05. The van der Waals surface area contributed by atoms with Gasteiger partial charge in [-0.1, -0.05) is 26.8 Å². The van der Waals surface area contributed by atoms with Gasteiger partial charge in [0, 0.05) is 6.54 Å². The Hall–Kier alpha value is -1.71. The number of carbonyl (C=O) groups excluding carboxylic acids is 1. The maximum Gasteiger partial charge on any atom is 0.271 e. The predicted molar refractivity (Wildman–Crippen MR) is 77.4 cm³/mol. The van der Waals surface area contributed by atoms with Crippen molar-refractivity contribution in [1.29, 1.82) is 0 Å². The highest BCUT2D eigenvalue weighted by Gasteiger charge is 2.46. The van der Waals surface area contributed by atoms with Crippen molar-refractivity contribution in [1.82, 2.24) is 0 Å². The average molecular weight is 262 g/mol. The van der Waals surface area contributed by atoms with E-state index in [1.54, 1.807) is 4.90 Å². The summed E-state index contributed by atoms with van der Waals surface area (Å²) in [6.45, 7) is 6.71. The molecule has 0 bridgehead atoms. The predicted octanol–water partition coefficient (Wildman–Crippen LogP) is 2.96. The fourth-order valence-corrected chi connectivity index (χ4v) is 2.65. The summed E-state index contributed by atoms with van der Waals surface area (Å²) < 4.78 is 6.02. The standard InChI is InChI=1S/C15H22N2O2/c1-4-10-17-13-11(16)8-7-9-12(13)19-15(5-2,6-3)14(17)18/h7-9H,4-6,10,16H2,1-3H3. The Labute approximate surface area is 114 Å². The van der Waals surface area contributed by atoms with Crippen molar-refractivity contribution in [3.05, 3.63) is 18.2 Å². The second-order valence-electron chi connectivity index (χ2n) is 4.95. The molecule has 0 fully saturated rings. The van der Waals surface area contributed by atoms with Crippen LogP contribution in [0.1, 0.15) is 40.0 Å². The minimum absolute atomic E-state index is 0.0322. The van der Waals surface area contributed by atoms with Crippen molar-refractivity contribution in [2.75, 3.05) is 17.2 Å². The van der Waals surface area contributed by atoms with Gasteiger partial charge in [-0.25, -0.2) is 0 Å². The van der Waals surface area contributed by atoms with Crippen LogP contribution in [0.15, 0.2) is 18.2 Å². The normalized spacial score (nSPS) is 17.0. The molecule has 1 aromatic carbocycles.